The molecular weight excluding hydrogens is 226 g/mol. The van der Waals surface area contributed by atoms with Gasteiger partial charge in [-0.25, -0.2) is 0 Å². The summed E-state index contributed by atoms with van der Waals surface area (Å²) in [5.74, 6) is -1.63. The smallest absolute Gasteiger partial charge is 0.312 e. The molecule has 0 unspecified atom stereocenters. The fraction of sp³-hybridized carbons (Fsp3) is 0.250. The topological polar surface area (TPSA) is 66.4 Å². The molecular formula is C8H8ClNO3S. The van der Waals surface area contributed by atoms with Gasteiger partial charge in [0.15, 0.2) is 0 Å². The molecule has 1 aromatic rings. The summed E-state index contributed by atoms with van der Waals surface area (Å²) in [7, 11) is 0. The van der Waals surface area contributed by atoms with E-state index in [-0.39, 0.29) is 0 Å². The van der Waals surface area contributed by atoms with Gasteiger partial charge in [-0.3, -0.25) is 9.59 Å². The van der Waals surface area contributed by atoms with E-state index < -0.39 is 18.3 Å². The summed E-state index contributed by atoms with van der Waals surface area (Å²) in [4.78, 5) is 22.0. The average molecular weight is 234 g/mol. The monoisotopic (exact) mass is 233 g/mol. The second kappa shape index (κ2) is 4.97. The first-order valence-electron chi connectivity index (χ1n) is 3.80. The van der Waals surface area contributed by atoms with E-state index in [0.717, 1.165) is 4.88 Å². The molecule has 1 heterocycles. The van der Waals surface area contributed by atoms with Crippen LogP contribution in [0.1, 0.15) is 11.3 Å². The lowest BCUT2D eigenvalue weighted by Crippen LogP contribution is -2.24. The third kappa shape index (κ3) is 3.76. The van der Waals surface area contributed by atoms with E-state index in [1.54, 1.807) is 12.1 Å². The highest BCUT2D eigenvalue weighted by atomic mass is 35.5. The third-order valence-electron chi connectivity index (χ3n) is 1.40. The van der Waals surface area contributed by atoms with Crippen LogP contribution in [0.2, 0.25) is 4.34 Å². The first-order chi connectivity index (χ1) is 6.58. The zero-order valence-electron chi connectivity index (χ0n) is 7.12. The maximum Gasteiger partial charge on any atom is 0.312 e. The zero-order chi connectivity index (χ0) is 10.6. The molecule has 0 saturated heterocycles. The number of carbonyl (C=O) groups excluding carboxylic acids is 1. The molecule has 0 aliphatic rings. The minimum absolute atomic E-state index is 0.323. The van der Waals surface area contributed by atoms with Gasteiger partial charge in [0, 0.05) is 4.88 Å². The summed E-state index contributed by atoms with van der Waals surface area (Å²) < 4.78 is 0.646. The summed E-state index contributed by atoms with van der Waals surface area (Å²) in [5.41, 5.74) is 0. The first kappa shape index (κ1) is 11.0. The Morgan fingerprint density at radius 1 is 1.50 bits per heavy atom. The Bertz CT molecular complexity index is 350. The number of carboxylic acids is 1. The van der Waals surface area contributed by atoms with Crippen LogP contribution in [-0.4, -0.2) is 17.0 Å². The maximum atomic E-state index is 10.9. The van der Waals surface area contributed by atoms with Crippen molar-refractivity contribution < 1.29 is 14.7 Å². The first-order valence-corrected chi connectivity index (χ1v) is 5.00. The maximum absolute atomic E-state index is 10.9. The Morgan fingerprint density at radius 3 is 2.71 bits per heavy atom. The van der Waals surface area contributed by atoms with Gasteiger partial charge in [-0.05, 0) is 12.1 Å². The van der Waals surface area contributed by atoms with Crippen LogP contribution in [0.4, 0.5) is 0 Å². The largest absolute Gasteiger partial charge is 0.481 e. The summed E-state index contributed by atoms with van der Waals surface area (Å²) in [6, 6.07) is 3.51. The highest BCUT2D eigenvalue weighted by Gasteiger charge is 2.07. The van der Waals surface area contributed by atoms with Gasteiger partial charge in [0.25, 0.3) is 0 Å². The predicted octanol–water partition coefficient (Wildman–Crippen LogP) is 1.49. The van der Waals surface area contributed by atoms with E-state index in [2.05, 4.69) is 5.32 Å². The number of carboxylic acid groups (broad SMARTS) is 1. The van der Waals surface area contributed by atoms with E-state index in [1.807, 2.05) is 0 Å². The van der Waals surface area contributed by atoms with Gasteiger partial charge in [0.2, 0.25) is 5.91 Å². The highest BCUT2D eigenvalue weighted by molar-refractivity contribution is 7.16. The summed E-state index contributed by atoms with van der Waals surface area (Å²) >= 11 is 7.02. The molecule has 0 radical (unpaired) electrons. The van der Waals surface area contributed by atoms with Gasteiger partial charge in [-0.2, -0.15) is 0 Å². The van der Waals surface area contributed by atoms with Crippen LogP contribution in [0.15, 0.2) is 12.1 Å². The lowest BCUT2D eigenvalue weighted by Gasteiger charge is -1.99. The van der Waals surface area contributed by atoms with Gasteiger partial charge >= 0.3 is 5.97 Å². The third-order valence-corrected chi connectivity index (χ3v) is 2.63. The Labute approximate surface area is 89.5 Å². The Morgan fingerprint density at radius 2 is 2.21 bits per heavy atom. The van der Waals surface area contributed by atoms with E-state index in [9.17, 15) is 9.59 Å². The van der Waals surface area contributed by atoms with E-state index >= 15 is 0 Å². The molecule has 6 heteroatoms. The van der Waals surface area contributed by atoms with Crippen molar-refractivity contribution in [3.8, 4) is 0 Å². The van der Waals surface area contributed by atoms with Crippen molar-refractivity contribution in [3.63, 3.8) is 0 Å². The molecule has 14 heavy (non-hydrogen) atoms. The van der Waals surface area contributed by atoms with E-state index in [0.29, 0.717) is 10.9 Å². The lowest BCUT2D eigenvalue weighted by molar-refractivity contribution is -0.140. The number of aliphatic carboxylic acids is 1. The van der Waals surface area contributed by atoms with Crippen molar-refractivity contribution in [3.05, 3.63) is 21.3 Å². The lowest BCUT2D eigenvalue weighted by atomic mass is 10.4. The van der Waals surface area contributed by atoms with Gasteiger partial charge < -0.3 is 10.4 Å². The number of nitrogens with one attached hydrogen (secondary N) is 1. The second-order valence-electron chi connectivity index (χ2n) is 2.55. The van der Waals surface area contributed by atoms with Crippen molar-refractivity contribution in [2.45, 2.75) is 13.0 Å². The van der Waals surface area contributed by atoms with Gasteiger partial charge in [0.1, 0.15) is 6.42 Å². The molecule has 0 atom stereocenters. The van der Waals surface area contributed by atoms with Crippen molar-refractivity contribution in [1.29, 1.82) is 0 Å². The second-order valence-corrected chi connectivity index (χ2v) is 4.35. The summed E-state index contributed by atoms with van der Waals surface area (Å²) in [6.07, 6.45) is -0.501. The minimum atomic E-state index is -1.13. The number of hydrogen-bond donors (Lipinski definition) is 2. The van der Waals surface area contributed by atoms with Crippen LogP contribution in [0.25, 0.3) is 0 Å². The summed E-state index contributed by atoms with van der Waals surface area (Å²) in [6.45, 7) is 0.323. The van der Waals surface area contributed by atoms with Crippen molar-refractivity contribution in [2.75, 3.05) is 0 Å². The molecule has 1 rings (SSSR count). The number of carbonyl (C=O) groups is 2. The van der Waals surface area contributed by atoms with E-state index in [1.165, 1.54) is 11.3 Å². The molecule has 1 amide bonds. The molecule has 1 aromatic heterocycles. The molecule has 0 bridgehead atoms. The van der Waals surface area contributed by atoms with Gasteiger partial charge in [-0.15, -0.1) is 11.3 Å². The van der Waals surface area contributed by atoms with Crippen LogP contribution >= 0.6 is 22.9 Å². The fourth-order valence-electron chi connectivity index (χ4n) is 0.832. The van der Waals surface area contributed by atoms with E-state index in [4.69, 9.17) is 16.7 Å². The molecule has 0 fully saturated rings. The molecule has 0 spiro atoms. The highest BCUT2D eigenvalue weighted by Crippen LogP contribution is 2.20. The fourth-order valence-corrected chi connectivity index (χ4v) is 1.86. The normalized spacial score (nSPS) is 9.79. The molecule has 0 saturated carbocycles. The molecule has 4 nitrogen and oxygen atoms in total. The number of thiophene rings is 1. The Balaban J connectivity index is 2.34. The quantitative estimate of drug-likeness (QED) is 0.775. The zero-order valence-corrected chi connectivity index (χ0v) is 8.69. The van der Waals surface area contributed by atoms with Crippen LogP contribution in [0.5, 0.6) is 0 Å². The number of rotatable bonds is 4. The molecule has 76 valence electrons. The number of halogens is 1. The van der Waals surface area contributed by atoms with Crippen LogP contribution < -0.4 is 5.32 Å². The van der Waals surface area contributed by atoms with Gasteiger partial charge in [0.05, 0.1) is 10.9 Å². The number of hydrogen-bond acceptors (Lipinski definition) is 3. The van der Waals surface area contributed by atoms with Crippen molar-refractivity contribution in [2.24, 2.45) is 0 Å². The molecule has 0 aliphatic carbocycles. The Kier molecular flexibility index (Phi) is 3.91. The van der Waals surface area contributed by atoms with Crippen molar-refractivity contribution >= 4 is 34.8 Å². The van der Waals surface area contributed by atoms with Gasteiger partial charge in [-0.1, -0.05) is 11.6 Å². The Hall–Kier alpha value is -1.07. The predicted molar refractivity (Wildman–Crippen MR) is 53.4 cm³/mol. The number of amides is 1. The SMILES string of the molecule is O=C(O)CC(=O)NCc1ccc(Cl)s1. The molecule has 2 N–H and O–H groups in total. The van der Waals surface area contributed by atoms with Crippen LogP contribution in [-0.2, 0) is 16.1 Å². The van der Waals surface area contributed by atoms with Crippen molar-refractivity contribution in [1.82, 2.24) is 5.32 Å². The molecule has 0 aromatic carbocycles. The minimum Gasteiger partial charge on any atom is -0.481 e. The summed E-state index contributed by atoms with van der Waals surface area (Å²) in [5, 5.41) is 10.8. The van der Waals surface area contributed by atoms with Crippen LogP contribution in [0.3, 0.4) is 0 Å². The van der Waals surface area contributed by atoms with Crippen LogP contribution in [0, 0.1) is 0 Å². The standard InChI is InChI=1S/C8H8ClNO3S/c9-6-2-1-5(14-6)4-10-7(11)3-8(12)13/h1-2H,3-4H2,(H,10,11)(H,12,13). The average Bonchev–Trinajstić information content (AvgIpc) is 2.47. The molecule has 0 aliphatic heterocycles.